The molecule has 0 bridgehead atoms. The SMILES string of the molecule is NCC(Cc1cc(F)ccc1Br)c1cccc(F)c1. The Morgan fingerprint density at radius 2 is 1.79 bits per heavy atom. The van der Waals surface area contributed by atoms with Crippen LogP contribution in [0.5, 0.6) is 0 Å². The van der Waals surface area contributed by atoms with E-state index < -0.39 is 0 Å². The van der Waals surface area contributed by atoms with Gasteiger partial charge in [-0.05, 0) is 54.4 Å². The van der Waals surface area contributed by atoms with E-state index in [4.69, 9.17) is 5.73 Å². The van der Waals surface area contributed by atoms with Crippen LogP contribution in [-0.4, -0.2) is 6.54 Å². The predicted molar refractivity (Wildman–Crippen MR) is 76.0 cm³/mol. The molecule has 0 saturated carbocycles. The molecular weight excluding hydrogens is 312 g/mol. The molecule has 2 aromatic rings. The second kappa shape index (κ2) is 6.26. The van der Waals surface area contributed by atoms with Gasteiger partial charge in [0.25, 0.3) is 0 Å². The van der Waals surface area contributed by atoms with Crippen LogP contribution in [0.2, 0.25) is 0 Å². The third kappa shape index (κ3) is 3.61. The van der Waals surface area contributed by atoms with Gasteiger partial charge in [0, 0.05) is 10.4 Å². The summed E-state index contributed by atoms with van der Waals surface area (Å²) >= 11 is 3.39. The van der Waals surface area contributed by atoms with Crippen LogP contribution in [0.4, 0.5) is 8.78 Å². The molecule has 0 amide bonds. The first-order valence-corrected chi connectivity index (χ1v) is 6.79. The Labute approximate surface area is 119 Å². The molecule has 1 unspecified atom stereocenters. The monoisotopic (exact) mass is 325 g/mol. The molecule has 0 aliphatic heterocycles. The molecule has 1 atom stereocenters. The highest BCUT2D eigenvalue weighted by Gasteiger charge is 2.13. The highest BCUT2D eigenvalue weighted by molar-refractivity contribution is 9.10. The van der Waals surface area contributed by atoms with E-state index in [0.29, 0.717) is 13.0 Å². The maximum Gasteiger partial charge on any atom is 0.123 e. The van der Waals surface area contributed by atoms with E-state index in [1.54, 1.807) is 12.1 Å². The minimum absolute atomic E-state index is 0.0335. The molecule has 2 N–H and O–H groups in total. The Hall–Kier alpha value is -1.26. The summed E-state index contributed by atoms with van der Waals surface area (Å²) in [4.78, 5) is 0. The van der Waals surface area contributed by atoms with Gasteiger partial charge in [-0.15, -0.1) is 0 Å². The van der Waals surface area contributed by atoms with E-state index in [2.05, 4.69) is 15.9 Å². The molecule has 4 heteroatoms. The van der Waals surface area contributed by atoms with E-state index >= 15 is 0 Å². The van der Waals surface area contributed by atoms with Crippen molar-refractivity contribution in [2.45, 2.75) is 12.3 Å². The minimum Gasteiger partial charge on any atom is -0.330 e. The first-order chi connectivity index (χ1) is 9.10. The van der Waals surface area contributed by atoms with Crippen molar-refractivity contribution in [1.82, 2.24) is 0 Å². The number of hydrogen-bond donors (Lipinski definition) is 1. The number of nitrogens with two attached hydrogens (primary N) is 1. The average molecular weight is 326 g/mol. The second-order valence-corrected chi connectivity index (χ2v) is 5.28. The second-order valence-electron chi connectivity index (χ2n) is 4.43. The van der Waals surface area contributed by atoms with Gasteiger partial charge < -0.3 is 5.73 Å². The quantitative estimate of drug-likeness (QED) is 0.903. The average Bonchev–Trinajstić information content (AvgIpc) is 2.39. The summed E-state index contributed by atoms with van der Waals surface area (Å²) in [5.74, 6) is -0.601. The molecule has 2 aromatic carbocycles. The Morgan fingerprint density at radius 1 is 1.05 bits per heavy atom. The van der Waals surface area contributed by atoms with Crippen LogP contribution >= 0.6 is 15.9 Å². The number of rotatable bonds is 4. The van der Waals surface area contributed by atoms with Gasteiger partial charge in [0.05, 0.1) is 0 Å². The zero-order chi connectivity index (χ0) is 13.8. The molecule has 0 aromatic heterocycles. The third-order valence-electron chi connectivity index (χ3n) is 3.08. The number of benzene rings is 2. The number of hydrogen-bond acceptors (Lipinski definition) is 1. The largest absolute Gasteiger partial charge is 0.330 e. The van der Waals surface area contributed by atoms with Crippen molar-refractivity contribution in [2.24, 2.45) is 5.73 Å². The lowest BCUT2D eigenvalue weighted by Gasteiger charge is -2.16. The van der Waals surface area contributed by atoms with Gasteiger partial charge >= 0.3 is 0 Å². The van der Waals surface area contributed by atoms with E-state index in [1.165, 1.54) is 24.3 Å². The van der Waals surface area contributed by atoms with Crippen molar-refractivity contribution >= 4 is 15.9 Å². The standard InChI is InChI=1S/C15H14BrF2N/c16-15-5-4-14(18)8-11(15)6-12(9-19)10-2-1-3-13(17)7-10/h1-5,7-8,12H,6,9,19H2. The van der Waals surface area contributed by atoms with Gasteiger partial charge in [0.1, 0.15) is 11.6 Å². The summed E-state index contributed by atoms with van der Waals surface area (Å²) in [6.45, 7) is 0.381. The molecule has 2 rings (SSSR count). The molecule has 1 nitrogen and oxygen atoms in total. The summed E-state index contributed by atoms with van der Waals surface area (Å²) in [7, 11) is 0. The Morgan fingerprint density at radius 3 is 2.47 bits per heavy atom. The molecule has 0 heterocycles. The summed E-state index contributed by atoms with van der Waals surface area (Å²) in [5, 5.41) is 0. The fourth-order valence-corrected chi connectivity index (χ4v) is 2.47. The van der Waals surface area contributed by atoms with Crippen molar-refractivity contribution in [3.63, 3.8) is 0 Å². The summed E-state index contributed by atoms with van der Waals surface area (Å²) in [5.41, 5.74) is 7.42. The lowest BCUT2D eigenvalue weighted by Crippen LogP contribution is -2.15. The van der Waals surface area contributed by atoms with Crippen LogP contribution in [0.15, 0.2) is 46.9 Å². The summed E-state index contributed by atoms with van der Waals surface area (Å²) in [6.07, 6.45) is 0.568. The fourth-order valence-electron chi connectivity index (χ4n) is 2.06. The molecule has 0 saturated heterocycles. The minimum atomic E-state index is -0.284. The highest BCUT2D eigenvalue weighted by atomic mass is 79.9. The lowest BCUT2D eigenvalue weighted by atomic mass is 9.92. The van der Waals surface area contributed by atoms with Crippen LogP contribution < -0.4 is 5.73 Å². The molecule has 0 aliphatic carbocycles. The van der Waals surface area contributed by atoms with Crippen molar-refractivity contribution in [1.29, 1.82) is 0 Å². The van der Waals surface area contributed by atoms with Crippen LogP contribution in [0.1, 0.15) is 17.0 Å². The first kappa shape index (κ1) is 14.2. The smallest absolute Gasteiger partial charge is 0.123 e. The van der Waals surface area contributed by atoms with E-state index in [-0.39, 0.29) is 17.6 Å². The fraction of sp³-hybridized carbons (Fsp3) is 0.200. The van der Waals surface area contributed by atoms with E-state index in [9.17, 15) is 8.78 Å². The maximum atomic E-state index is 13.3. The van der Waals surface area contributed by atoms with Gasteiger partial charge in [-0.2, -0.15) is 0 Å². The van der Waals surface area contributed by atoms with Gasteiger partial charge in [-0.1, -0.05) is 28.1 Å². The normalized spacial score (nSPS) is 12.4. The highest BCUT2D eigenvalue weighted by Crippen LogP contribution is 2.26. The van der Waals surface area contributed by atoms with Gasteiger partial charge in [0.2, 0.25) is 0 Å². The van der Waals surface area contributed by atoms with Crippen molar-refractivity contribution < 1.29 is 8.78 Å². The molecule has 19 heavy (non-hydrogen) atoms. The Balaban J connectivity index is 2.26. The van der Waals surface area contributed by atoms with Gasteiger partial charge in [-0.3, -0.25) is 0 Å². The Bertz CT molecular complexity index is 572. The zero-order valence-corrected chi connectivity index (χ0v) is 11.8. The molecule has 0 fully saturated rings. The molecule has 0 aliphatic rings. The van der Waals surface area contributed by atoms with E-state index in [1.807, 2.05) is 6.07 Å². The molecule has 0 spiro atoms. The van der Waals surface area contributed by atoms with Crippen molar-refractivity contribution in [3.05, 3.63) is 69.7 Å². The lowest BCUT2D eigenvalue weighted by molar-refractivity contribution is 0.611. The topological polar surface area (TPSA) is 26.0 Å². The molecule has 0 radical (unpaired) electrons. The van der Waals surface area contributed by atoms with Crippen molar-refractivity contribution in [2.75, 3.05) is 6.54 Å². The first-order valence-electron chi connectivity index (χ1n) is 5.99. The zero-order valence-electron chi connectivity index (χ0n) is 10.2. The van der Waals surface area contributed by atoms with Gasteiger partial charge in [-0.25, -0.2) is 8.78 Å². The molecule has 100 valence electrons. The number of halogens is 3. The van der Waals surface area contributed by atoms with Crippen LogP contribution in [0, 0.1) is 11.6 Å². The van der Waals surface area contributed by atoms with E-state index in [0.717, 1.165) is 15.6 Å². The Kier molecular flexibility index (Phi) is 4.66. The van der Waals surface area contributed by atoms with Crippen LogP contribution in [0.3, 0.4) is 0 Å². The predicted octanol–water partition coefficient (Wildman–Crippen LogP) is 4.01. The van der Waals surface area contributed by atoms with Crippen LogP contribution in [-0.2, 0) is 6.42 Å². The molecular formula is C15H14BrF2N. The third-order valence-corrected chi connectivity index (χ3v) is 3.85. The summed E-state index contributed by atoms with van der Waals surface area (Å²) < 4.78 is 27.3. The van der Waals surface area contributed by atoms with Crippen LogP contribution in [0.25, 0.3) is 0 Å². The van der Waals surface area contributed by atoms with Gasteiger partial charge in [0.15, 0.2) is 0 Å². The van der Waals surface area contributed by atoms with Crippen molar-refractivity contribution in [3.8, 4) is 0 Å². The summed E-state index contributed by atoms with van der Waals surface area (Å²) in [6, 6.07) is 10.9. The maximum absolute atomic E-state index is 13.3.